The first-order valence-corrected chi connectivity index (χ1v) is 9.83. The van der Waals surface area contributed by atoms with Gasteiger partial charge in [-0.3, -0.25) is 9.59 Å². The van der Waals surface area contributed by atoms with Gasteiger partial charge >= 0.3 is 0 Å². The lowest BCUT2D eigenvalue weighted by Gasteiger charge is -2.19. The van der Waals surface area contributed by atoms with Gasteiger partial charge in [0.15, 0.2) is 6.61 Å². The summed E-state index contributed by atoms with van der Waals surface area (Å²) in [5.41, 5.74) is 4.25. The maximum absolute atomic E-state index is 12.5. The Hall–Kier alpha value is -3.35. The van der Waals surface area contributed by atoms with Gasteiger partial charge in [-0.2, -0.15) is 5.10 Å². The minimum Gasteiger partial charge on any atom is -0.497 e. The van der Waals surface area contributed by atoms with Gasteiger partial charge in [0, 0.05) is 0 Å². The zero-order valence-electron chi connectivity index (χ0n) is 17.8. The Morgan fingerprint density at radius 2 is 1.80 bits per heavy atom. The molecular weight excluding hydrogens is 382 g/mol. The molecule has 0 heterocycles. The molecule has 0 fully saturated rings. The number of nitrogens with zero attached hydrogens (tertiary/aromatic N) is 1. The molecule has 0 saturated heterocycles. The van der Waals surface area contributed by atoms with Gasteiger partial charge in [-0.25, -0.2) is 5.43 Å². The number of hydrazone groups is 1. The molecule has 0 unspecified atom stereocenters. The van der Waals surface area contributed by atoms with Crippen LogP contribution in [0.1, 0.15) is 31.4 Å². The predicted octanol–water partition coefficient (Wildman–Crippen LogP) is 3.06. The Kier molecular flexibility index (Phi) is 8.87. The first-order chi connectivity index (χ1) is 14.4. The summed E-state index contributed by atoms with van der Waals surface area (Å²) in [6.07, 6.45) is 2.02. The third-order valence-corrected chi connectivity index (χ3v) is 4.32. The number of methoxy groups -OCH3 is 1. The molecule has 7 heteroatoms. The van der Waals surface area contributed by atoms with E-state index in [-0.39, 0.29) is 24.3 Å². The number of ether oxygens (including phenoxy) is 2. The van der Waals surface area contributed by atoms with Crippen molar-refractivity contribution in [3.63, 3.8) is 0 Å². The van der Waals surface area contributed by atoms with Crippen molar-refractivity contribution in [1.82, 2.24) is 10.7 Å². The third-order valence-electron chi connectivity index (χ3n) is 4.32. The monoisotopic (exact) mass is 411 g/mol. The molecule has 0 saturated carbocycles. The molecular formula is C23H29N3O4. The van der Waals surface area contributed by atoms with Crippen LogP contribution in [0.3, 0.4) is 0 Å². The van der Waals surface area contributed by atoms with Crippen molar-refractivity contribution in [2.75, 3.05) is 13.7 Å². The maximum Gasteiger partial charge on any atom is 0.262 e. The summed E-state index contributed by atoms with van der Waals surface area (Å²) in [5.74, 6) is 0.852. The lowest BCUT2D eigenvalue weighted by Crippen LogP contribution is -2.47. The van der Waals surface area contributed by atoms with Crippen molar-refractivity contribution in [2.45, 2.75) is 33.2 Å². The number of amides is 2. The Balaban J connectivity index is 1.91. The van der Waals surface area contributed by atoms with Crippen LogP contribution < -0.4 is 20.2 Å². The first-order valence-electron chi connectivity index (χ1n) is 9.83. The molecule has 2 N–H and O–H groups in total. The molecule has 160 valence electrons. The third kappa shape index (κ3) is 7.58. The van der Waals surface area contributed by atoms with E-state index in [1.165, 1.54) is 6.21 Å². The van der Waals surface area contributed by atoms with Gasteiger partial charge in [0.2, 0.25) is 0 Å². The van der Waals surface area contributed by atoms with Crippen molar-refractivity contribution in [3.05, 3.63) is 59.7 Å². The Bertz CT molecular complexity index is 863. The molecule has 2 aromatic carbocycles. The van der Waals surface area contributed by atoms with Gasteiger partial charge in [0.25, 0.3) is 11.8 Å². The fourth-order valence-electron chi connectivity index (χ4n) is 2.74. The average Bonchev–Trinajstić information content (AvgIpc) is 2.72. The summed E-state index contributed by atoms with van der Waals surface area (Å²) in [4.78, 5) is 24.8. The molecule has 0 spiro atoms. The van der Waals surface area contributed by atoms with Crippen LogP contribution in [-0.2, 0) is 9.59 Å². The van der Waals surface area contributed by atoms with Gasteiger partial charge in [-0.15, -0.1) is 0 Å². The molecule has 0 aliphatic carbocycles. The summed E-state index contributed by atoms with van der Waals surface area (Å²) in [6, 6.07) is 14.0. The molecule has 2 aromatic rings. The number of benzene rings is 2. The molecule has 0 radical (unpaired) electrons. The van der Waals surface area contributed by atoms with Crippen LogP contribution in [0.15, 0.2) is 53.6 Å². The highest BCUT2D eigenvalue weighted by Gasteiger charge is 2.22. The van der Waals surface area contributed by atoms with E-state index in [1.54, 1.807) is 25.3 Å². The summed E-state index contributed by atoms with van der Waals surface area (Å²) in [6.45, 7) is 5.71. The molecule has 0 aliphatic heterocycles. The van der Waals surface area contributed by atoms with Crippen LogP contribution in [0.4, 0.5) is 0 Å². The highest BCUT2D eigenvalue weighted by atomic mass is 16.5. The van der Waals surface area contributed by atoms with Crippen molar-refractivity contribution in [2.24, 2.45) is 11.0 Å². The predicted molar refractivity (Wildman–Crippen MR) is 117 cm³/mol. The van der Waals surface area contributed by atoms with E-state index >= 15 is 0 Å². The number of aryl methyl sites for hydroxylation is 1. The van der Waals surface area contributed by atoms with Crippen LogP contribution in [-0.4, -0.2) is 37.8 Å². The van der Waals surface area contributed by atoms with Crippen molar-refractivity contribution < 1.29 is 19.1 Å². The fraction of sp³-hybridized carbons (Fsp3) is 0.348. The molecule has 2 rings (SSSR count). The highest BCUT2D eigenvalue weighted by Crippen LogP contribution is 2.16. The van der Waals surface area contributed by atoms with Crippen molar-refractivity contribution in [1.29, 1.82) is 0 Å². The van der Waals surface area contributed by atoms with Crippen LogP contribution in [0.25, 0.3) is 0 Å². The van der Waals surface area contributed by atoms with Crippen LogP contribution in [0.2, 0.25) is 0 Å². The molecule has 0 aliphatic rings. The molecule has 0 bridgehead atoms. The molecule has 2 amide bonds. The van der Waals surface area contributed by atoms with Gasteiger partial charge < -0.3 is 14.8 Å². The van der Waals surface area contributed by atoms with Gasteiger partial charge in [0.05, 0.1) is 13.3 Å². The SMILES string of the molecule is COc1ccc(/C=N\NC(=O)[C@@H](CC(C)C)NC(=O)COc2ccccc2C)cc1. The number of rotatable bonds is 10. The van der Waals surface area contributed by atoms with Crippen molar-refractivity contribution >= 4 is 18.0 Å². The second-order valence-corrected chi connectivity index (χ2v) is 7.31. The van der Waals surface area contributed by atoms with Crippen molar-refractivity contribution in [3.8, 4) is 11.5 Å². The number of hydrogen-bond acceptors (Lipinski definition) is 5. The zero-order valence-corrected chi connectivity index (χ0v) is 17.8. The second kappa shape index (κ2) is 11.6. The normalized spacial score (nSPS) is 11.9. The van der Waals surface area contributed by atoms with Gasteiger partial charge in [-0.05, 0) is 60.7 Å². The summed E-state index contributed by atoms with van der Waals surface area (Å²) >= 11 is 0. The Labute approximate surface area is 177 Å². The van der Waals surface area contributed by atoms with Gasteiger partial charge in [0.1, 0.15) is 17.5 Å². The lowest BCUT2D eigenvalue weighted by atomic mass is 10.0. The van der Waals surface area contributed by atoms with E-state index in [0.717, 1.165) is 16.9 Å². The summed E-state index contributed by atoms with van der Waals surface area (Å²) in [5, 5.41) is 6.72. The van der Waals surface area contributed by atoms with Crippen LogP contribution >= 0.6 is 0 Å². The number of nitrogens with one attached hydrogen (secondary N) is 2. The molecule has 30 heavy (non-hydrogen) atoms. The lowest BCUT2D eigenvalue weighted by molar-refractivity contribution is -0.130. The highest BCUT2D eigenvalue weighted by molar-refractivity contribution is 5.89. The Morgan fingerprint density at radius 1 is 1.10 bits per heavy atom. The van der Waals surface area contributed by atoms with Gasteiger partial charge in [-0.1, -0.05) is 32.0 Å². The fourth-order valence-corrected chi connectivity index (χ4v) is 2.74. The van der Waals surface area contributed by atoms with E-state index in [1.807, 2.05) is 51.1 Å². The average molecular weight is 412 g/mol. The molecule has 7 nitrogen and oxygen atoms in total. The Morgan fingerprint density at radius 3 is 2.43 bits per heavy atom. The van der Waals surface area contributed by atoms with E-state index in [2.05, 4.69) is 15.8 Å². The van der Waals surface area contributed by atoms with E-state index in [9.17, 15) is 9.59 Å². The number of carbonyl (C=O) groups excluding carboxylic acids is 2. The van der Waals surface area contributed by atoms with Crippen LogP contribution in [0.5, 0.6) is 11.5 Å². The summed E-state index contributed by atoms with van der Waals surface area (Å²) < 4.78 is 10.7. The second-order valence-electron chi connectivity index (χ2n) is 7.31. The number of para-hydroxylation sites is 1. The largest absolute Gasteiger partial charge is 0.497 e. The molecule has 0 aromatic heterocycles. The number of hydrogen-bond donors (Lipinski definition) is 2. The van der Waals surface area contributed by atoms with E-state index in [4.69, 9.17) is 9.47 Å². The minimum atomic E-state index is -0.703. The van der Waals surface area contributed by atoms with Crippen LogP contribution in [0, 0.1) is 12.8 Å². The van der Waals surface area contributed by atoms with E-state index < -0.39 is 6.04 Å². The summed E-state index contributed by atoms with van der Waals surface area (Å²) in [7, 11) is 1.60. The van der Waals surface area contributed by atoms with E-state index in [0.29, 0.717) is 12.2 Å². The smallest absolute Gasteiger partial charge is 0.262 e. The molecule has 1 atom stereocenters. The maximum atomic E-state index is 12.5. The standard InChI is InChI=1S/C23H29N3O4/c1-16(2)13-20(25-22(27)15-30-21-8-6-5-7-17(21)3)23(28)26-24-14-18-9-11-19(29-4)12-10-18/h5-12,14,16,20H,13,15H2,1-4H3,(H,25,27)(H,26,28)/b24-14-/t20-/m1/s1. The zero-order chi connectivity index (χ0) is 21.9. The first kappa shape index (κ1) is 22.9. The quantitative estimate of drug-likeness (QED) is 0.465. The number of carbonyl (C=O) groups is 2. The topological polar surface area (TPSA) is 89.0 Å². The minimum absolute atomic E-state index is 0.165.